The predicted molar refractivity (Wildman–Crippen MR) is 105 cm³/mol. The fourth-order valence-electron chi connectivity index (χ4n) is 2.68. The van der Waals surface area contributed by atoms with Crippen LogP contribution in [0.3, 0.4) is 0 Å². The molecule has 1 atom stereocenters. The molecule has 0 N–H and O–H groups in total. The van der Waals surface area contributed by atoms with Crippen molar-refractivity contribution in [2.24, 2.45) is 0 Å². The first-order valence-electron chi connectivity index (χ1n) is 8.24. The molecule has 0 spiro atoms. The molecular weight excluding hydrogens is 389 g/mol. The van der Waals surface area contributed by atoms with E-state index in [1.54, 1.807) is 7.05 Å². The summed E-state index contributed by atoms with van der Waals surface area (Å²) in [5.74, 6) is -1.43. The van der Waals surface area contributed by atoms with Crippen LogP contribution >= 0.6 is 22.9 Å². The normalized spacial score (nSPS) is 12.0. The van der Waals surface area contributed by atoms with Crippen LogP contribution in [0, 0.1) is 5.82 Å². The molecule has 0 saturated carbocycles. The molecule has 3 rings (SSSR count). The quantitative estimate of drug-likeness (QED) is 0.567. The van der Waals surface area contributed by atoms with Crippen molar-refractivity contribution in [3.05, 3.63) is 69.8 Å². The van der Waals surface area contributed by atoms with Crippen molar-refractivity contribution in [2.45, 2.75) is 19.6 Å². The Balaban J connectivity index is 1.70. The molecule has 0 fully saturated rings. The van der Waals surface area contributed by atoms with E-state index in [4.69, 9.17) is 16.3 Å². The number of ether oxygens (including phenoxy) is 1. The Morgan fingerprint density at radius 2 is 1.93 bits per heavy atom. The molecule has 0 aliphatic rings. The van der Waals surface area contributed by atoms with E-state index in [-0.39, 0.29) is 15.8 Å². The molecule has 3 aromatic rings. The molecule has 0 aliphatic heterocycles. The molecular formula is C20H17ClFNO3S. The zero-order chi connectivity index (χ0) is 19.6. The Labute approximate surface area is 165 Å². The molecule has 0 bridgehead atoms. The first-order valence-corrected chi connectivity index (χ1v) is 9.43. The second kappa shape index (κ2) is 8.06. The van der Waals surface area contributed by atoms with Crippen LogP contribution in [0.5, 0.6) is 0 Å². The summed E-state index contributed by atoms with van der Waals surface area (Å²) < 4.78 is 19.2. The average Bonchev–Trinajstić information content (AvgIpc) is 2.97. The molecule has 0 saturated heterocycles. The highest BCUT2D eigenvalue weighted by atomic mass is 35.5. The standard InChI is InChI=1S/C20H17ClFNO3S/c1-12(19(24)23(2)11-13-6-4-3-5-7-13)26-20(25)18-17(21)15-9-8-14(22)10-16(15)27-18/h3-10,12H,11H2,1-2H3/t12-/m1/s1. The second-order valence-corrected chi connectivity index (χ2v) is 7.54. The number of hydrogen-bond donors (Lipinski definition) is 0. The lowest BCUT2D eigenvalue weighted by molar-refractivity contribution is -0.139. The van der Waals surface area contributed by atoms with E-state index in [9.17, 15) is 14.0 Å². The lowest BCUT2D eigenvalue weighted by Crippen LogP contribution is -2.37. The highest BCUT2D eigenvalue weighted by Gasteiger charge is 2.25. The van der Waals surface area contributed by atoms with E-state index in [0.29, 0.717) is 16.6 Å². The van der Waals surface area contributed by atoms with Gasteiger partial charge in [-0.3, -0.25) is 4.79 Å². The Hall–Kier alpha value is -2.44. The lowest BCUT2D eigenvalue weighted by atomic mass is 10.2. The summed E-state index contributed by atoms with van der Waals surface area (Å²) in [4.78, 5) is 26.6. The lowest BCUT2D eigenvalue weighted by Gasteiger charge is -2.21. The number of carbonyl (C=O) groups excluding carboxylic acids is 2. The van der Waals surface area contributed by atoms with Crippen molar-refractivity contribution in [2.75, 3.05) is 7.05 Å². The molecule has 140 valence electrons. The maximum atomic E-state index is 13.4. The molecule has 27 heavy (non-hydrogen) atoms. The van der Waals surface area contributed by atoms with E-state index in [0.717, 1.165) is 16.9 Å². The molecule has 1 amide bonds. The fraction of sp³-hybridized carbons (Fsp3) is 0.200. The van der Waals surface area contributed by atoms with Crippen LogP contribution in [-0.4, -0.2) is 29.9 Å². The summed E-state index contributed by atoms with van der Waals surface area (Å²) in [6.45, 7) is 1.92. The summed E-state index contributed by atoms with van der Waals surface area (Å²) in [5.41, 5.74) is 0.974. The van der Waals surface area contributed by atoms with Gasteiger partial charge in [-0.2, -0.15) is 0 Å². The largest absolute Gasteiger partial charge is 0.448 e. The third kappa shape index (κ3) is 4.28. The van der Waals surface area contributed by atoms with Crippen LogP contribution in [0.4, 0.5) is 4.39 Å². The van der Waals surface area contributed by atoms with Gasteiger partial charge in [0.15, 0.2) is 6.10 Å². The average molecular weight is 406 g/mol. The summed E-state index contributed by atoms with van der Waals surface area (Å²) in [7, 11) is 1.65. The number of amides is 1. The maximum absolute atomic E-state index is 13.4. The molecule has 2 aromatic carbocycles. The number of carbonyl (C=O) groups is 2. The number of nitrogens with zero attached hydrogens (tertiary/aromatic N) is 1. The number of thiophene rings is 1. The summed E-state index contributed by atoms with van der Waals surface area (Å²) in [5, 5.41) is 0.785. The van der Waals surface area contributed by atoms with Gasteiger partial charge in [0.05, 0.1) is 5.02 Å². The van der Waals surface area contributed by atoms with Gasteiger partial charge in [-0.25, -0.2) is 9.18 Å². The minimum absolute atomic E-state index is 0.155. The molecule has 7 heteroatoms. The van der Waals surface area contributed by atoms with Crippen LogP contribution in [0.1, 0.15) is 22.2 Å². The summed E-state index contributed by atoms with van der Waals surface area (Å²) in [6.07, 6.45) is -0.968. The van der Waals surface area contributed by atoms with Gasteiger partial charge in [0, 0.05) is 23.7 Å². The van der Waals surface area contributed by atoms with Gasteiger partial charge < -0.3 is 9.64 Å². The molecule has 0 radical (unpaired) electrons. The van der Waals surface area contributed by atoms with Crippen LogP contribution in [0.2, 0.25) is 5.02 Å². The van der Waals surface area contributed by atoms with Crippen molar-refractivity contribution < 1.29 is 18.7 Å². The van der Waals surface area contributed by atoms with E-state index in [1.807, 2.05) is 30.3 Å². The zero-order valence-electron chi connectivity index (χ0n) is 14.7. The number of fused-ring (bicyclic) bond motifs is 1. The zero-order valence-corrected chi connectivity index (χ0v) is 16.3. The highest BCUT2D eigenvalue weighted by molar-refractivity contribution is 7.21. The topological polar surface area (TPSA) is 46.6 Å². The molecule has 4 nitrogen and oxygen atoms in total. The Morgan fingerprint density at radius 1 is 1.22 bits per heavy atom. The van der Waals surface area contributed by atoms with Gasteiger partial charge in [-0.1, -0.05) is 41.9 Å². The van der Waals surface area contributed by atoms with Gasteiger partial charge in [-0.05, 0) is 30.7 Å². The van der Waals surface area contributed by atoms with Gasteiger partial charge in [0.1, 0.15) is 10.7 Å². The van der Waals surface area contributed by atoms with Crippen LogP contribution in [0.25, 0.3) is 10.1 Å². The predicted octanol–water partition coefficient (Wildman–Crippen LogP) is 4.90. The van der Waals surface area contributed by atoms with E-state index < -0.39 is 17.9 Å². The summed E-state index contributed by atoms with van der Waals surface area (Å²) >= 11 is 7.27. The SMILES string of the molecule is C[C@@H](OC(=O)c1sc2cc(F)ccc2c1Cl)C(=O)N(C)Cc1ccccc1. The Bertz CT molecular complexity index is 990. The maximum Gasteiger partial charge on any atom is 0.350 e. The summed E-state index contributed by atoms with van der Waals surface area (Å²) in [6, 6.07) is 13.6. The van der Waals surface area contributed by atoms with Crippen molar-refractivity contribution in [1.29, 1.82) is 0 Å². The smallest absolute Gasteiger partial charge is 0.350 e. The number of likely N-dealkylation sites (N-methyl/N-ethyl adjacent to an activating group) is 1. The number of benzene rings is 2. The molecule has 1 aromatic heterocycles. The minimum Gasteiger partial charge on any atom is -0.448 e. The molecule has 0 aliphatic carbocycles. The van der Waals surface area contributed by atoms with Crippen LogP contribution in [0.15, 0.2) is 48.5 Å². The second-order valence-electron chi connectivity index (χ2n) is 6.11. The Kier molecular flexibility index (Phi) is 5.77. The van der Waals surface area contributed by atoms with Crippen LogP contribution in [-0.2, 0) is 16.1 Å². The van der Waals surface area contributed by atoms with Crippen molar-refractivity contribution in [1.82, 2.24) is 4.90 Å². The highest BCUT2D eigenvalue weighted by Crippen LogP contribution is 2.36. The van der Waals surface area contributed by atoms with Crippen LogP contribution < -0.4 is 0 Å². The molecule has 1 heterocycles. The Morgan fingerprint density at radius 3 is 2.63 bits per heavy atom. The number of esters is 1. The van der Waals surface area contributed by atoms with Gasteiger partial charge >= 0.3 is 5.97 Å². The van der Waals surface area contributed by atoms with Gasteiger partial charge in [-0.15, -0.1) is 11.3 Å². The van der Waals surface area contributed by atoms with E-state index >= 15 is 0 Å². The minimum atomic E-state index is -0.968. The third-order valence-corrected chi connectivity index (χ3v) is 5.68. The molecule has 0 unspecified atom stereocenters. The first kappa shape index (κ1) is 19.3. The third-order valence-electron chi connectivity index (χ3n) is 4.05. The van der Waals surface area contributed by atoms with Crippen molar-refractivity contribution in [3.63, 3.8) is 0 Å². The van der Waals surface area contributed by atoms with Crippen molar-refractivity contribution >= 4 is 44.9 Å². The fourth-order valence-corrected chi connectivity index (χ4v) is 4.10. The number of rotatable bonds is 5. The monoisotopic (exact) mass is 405 g/mol. The first-order chi connectivity index (χ1) is 12.9. The van der Waals surface area contributed by atoms with E-state index in [1.165, 1.54) is 30.0 Å². The number of halogens is 2. The van der Waals surface area contributed by atoms with Gasteiger partial charge in [0.25, 0.3) is 5.91 Å². The number of hydrogen-bond acceptors (Lipinski definition) is 4. The van der Waals surface area contributed by atoms with E-state index in [2.05, 4.69) is 0 Å². The van der Waals surface area contributed by atoms with Crippen molar-refractivity contribution in [3.8, 4) is 0 Å². The van der Waals surface area contributed by atoms with Gasteiger partial charge in [0.2, 0.25) is 0 Å².